The van der Waals surface area contributed by atoms with Gasteiger partial charge in [0, 0.05) is 10.6 Å². The van der Waals surface area contributed by atoms with Crippen LogP contribution < -0.4 is 10.3 Å². The van der Waals surface area contributed by atoms with Crippen molar-refractivity contribution in [3.8, 4) is 10.6 Å². The number of nitrogens with one attached hydrogen (secondary N) is 2. The average Bonchev–Trinajstić information content (AvgIpc) is 3.04. The molecular formula is C17H13Cl2N3O3S2. The maximum atomic E-state index is 12.4. The number of benzene rings is 2. The molecule has 2 N–H and O–H groups in total. The van der Waals surface area contributed by atoms with E-state index in [4.69, 9.17) is 23.2 Å². The summed E-state index contributed by atoms with van der Waals surface area (Å²) in [6.07, 6.45) is 0. The fraction of sp³-hybridized carbons (Fsp3) is 0.0588. The number of sulfonamides is 1. The molecular weight excluding hydrogens is 429 g/mol. The molecule has 10 heteroatoms. The predicted molar refractivity (Wildman–Crippen MR) is 107 cm³/mol. The van der Waals surface area contributed by atoms with Gasteiger partial charge in [-0.05, 0) is 25.1 Å². The Morgan fingerprint density at radius 3 is 2.52 bits per heavy atom. The number of carbonyl (C=O) groups is 1. The van der Waals surface area contributed by atoms with Crippen LogP contribution in [0, 0.1) is 6.92 Å². The molecule has 1 amide bonds. The standard InChI is InChI=1S/C17H13Cl2N3O3S2/c1-10-15(26-17(20-10)11-5-3-2-4-6-11)16(23)21-22-27(24,25)14-9-12(18)7-8-13(14)19/h2-9,22H,1H3,(H,21,23). The minimum Gasteiger partial charge on any atom is -0.273 e. The van der Waals surface area contributed by atoms with Gasteiger partial charge < -0.3 is 0 Å². The van der Waals surface area contributed by atoms with Crippen molar-refractivity contribution in [2.75, 3.05) is 0 Å². The lowest BCUT2D eigenvalue weighted by Crippen LogP contribution is -2.41. The summed E-state index contributed by atoms with van der Waals surface area (Å²) in [5.74, 6) is -0.617. The molecule has 0 saturated heterocycles. The number of nitrogens with zero attached hydrogens (tertiary/aromatic N) is 1. The van der Waals surface area contributed by atoms with Gasteiger partial charge in [0.05, 0.1) is 10.7 Å². The van der Waals surface area contributed by atoms with E-state index >= 15 is 0 Å². The van der Waals surface area contributed by atoms with E-state index in [9.17, 15) is 13.2 Å². The molecule has 0 fully saturated rings. The fourth-order valence-corrected chi connectivity index (χ4v) is 4.79. The first kappa shape index (κ1) is 19.8. The van der Waals surface area contributed by atoms with Crippen molar-refractivity contribution < 1.29 is 13.2 Å². The van der Waals surface area contributed by atoms with Gasteiger partial charge in [-0.15, -0.1) is 16.2 Å². The summed E-state index contributed by atoms with van der Waals surface area (Å²) >= 11 is 12.9. The fourth-order valence-electron chi connectivity index (χ4n) is 2.22. The molecule has 0 radical (unpaired) electrons. The van der Waals surface area contributed by atoms with E-state index in [0.29, 0.717) is 15.6 Å². The minimum atomic E-state index is -4.09. The third-order valence-electron chi connectivity index (χ3n) is 3.51. The van der Waals surface area contributed by atoms with Gasteiger partial charge in [-0.1, -0.05) is 53.5 Å². The van der Waals surface area contributed by atoms with E-state index in [0.717, 1.165) is 5.56 Å². The Labute approximate surface area is 170 Å². The van der Waals surface area contributed by atoms with Crippen LogP contribution in [0.3, 0.4) is 0 Å². The van der Waals surface area contributed by atoms with Crippen molar-refractivity contribution in [3.63, 3.8) is 0 Å². The number of halogens is 2. The smallest absolute Gasteiger partial charge is 0.273 e. The summed E-state index contributed by atoms with van der Waals surface area (Å²) in [5.41, 5.74) is 3.55. The average molecular weight is 442 g/mol. The van der Waals surface area contributed by atoms with Crippen molar-refractivity contribution in [1.29, 1.82) is 0 Å². The lowest BCUT2D eigenvalue weighted by molar-refractivity contribution is 0.0948. The second-order valence-electron chi connectivity index (χ2n) is 5.43. The number of thiazole rings is 1. The third kappa shape index (κ3) is 4.48. The molecule has 0 saturated carbocycles. The molecule has 0 spiro atoms. The van der Waals surface area contributed by atoms with Crippen LogP contribution in [0.2, 0.25) is 10.0 Å². The molecule has 0 aliphatic heterocycles. The topological polar surface area (TPSA) is 88.2 Å². The lowest BCUT2D eigenvalue weighted by atomic mass is 10.2. The van der Waals surface area contributed by atoms with E-state index in [1.165, 1.54) is 29.5 Å². The molecule has 0 unspecified atom stereocenters. The normalized spacial score (nSPS) is 11.4. The SMILES string of the molecule is Cc1nc(-c2ccccc2)sc1C(=O)NNS(=O)(=O)c1cc(Cl)ccc1Cl. The molecule has 0 atom stereocenters. The first-order valence-electron chi connectivity index (χ1n) is 7.58. The highest BCUT2D eigenvalue weighted by atomic mass is 35.5. The van der Waals surface area contributed by atoms with Crippen LogP contribution in [0.15, 0.2) is 53.4 Å². The Kier molecular flexibility index (Phi) is 5.83. The molecule has 0 bridgehead atoms. The number of aromatic nitrogens is 1. The molecule has 0 aliphatic carbocycles. The van der Waals surface area contributed by atoms with E-state index in [2.05, 4.69) is 10.4 Å². The number of amides is 1. The van der Waals surface area contributed by atoms with Crippen LogP contribution in [-0.4, -0.2) is 19.3 Å². The quantitative estimate of drug-likeness (QED) is 0.584. The van der Waals surface area contributed by atoms with E-state index in [-0.39, 0.29) is 14.9 Å². The highest BCUT2D eigenvalue weighted by molar-refractivity contribution is 7.89. The zero-order valence-corrected chi connectivity index (χ0v) is 17.0. The van der Waals surface area contributed by atoms with Crippen LogP contribution in [0.4, 0.5) is 0 Å². The lowest BCUT2D eigenvalue weighted by Gasteiger charge is -2.09. The zero-order valence-electron chi connectivity index (χ0n) is 13.9. The second-order valence-corrected chi connectivity index (χ2v) is 8.93. The summed E-state index contributed by atoms with van der Waals surface area (Å²) in [6, 6.07) is 13.4. The monoisotopic (exact) mass is 441 g/mol. The number of hydrogen-bond donors (Lipinski definition) is 2. The maximum absolute atomic E-state index is 12.4. The number of rotatable bonds is 5. The third-order valence-corrected chi connectivity index (χ3v) is 6.67. The Morgan fingerprint density at radius 1 is 1.11 bits per heavy atom. The molecule has 3 aromatic rings. The van der Waals surface area contributed by atoms with Crippen LogP contribution in [0.25, 0.3) is 10.6 Å². The highest BCUT2D eigenvalue weighted by Crippen LogP contribution is 2.28. The van der Waals surface area contributed by atoms with Crippen molar-refractivity contribution in [1.82, 2.24) is 15.2 Å². The minimum absolute atomic E-state index is 0.0125. The molecule has 140 valence electrons. The van der Waals surface area contributed by atoms with Gasteiger partial charge in [-0.3, -0.25) is 10.2 Å². The molecule has 0 aliphatic rings. The predicted octanol–water partition coefficient (Wildman–Crippen LogP) is 4.05. The maximum Gasteiger partial charge on any atom is 0.278 e. The Morgan fingerprint density at radius 2 is 1.81 bits per heavy atom. The summed E-state index contributed by atoms with van der Waals surface area (Å²) < 4.78 is 24.7. The van der Waals surface area contributed by atoms with Gasteiger partial charge in [-0.2, -0.15) is 0 Å². The molecule has 6 nitrogen and oxygen atoms in total. The number of hydrazine groups is 1. The van der Waals surface area contributed by atoms with Crippen molar-refractivity contribution in [2.24, 2.45) is 0 Å². The van der Waals surface area contributed by atoms with Crippen molar-refractivity contribution in [3.05, 3.63) is 69.1 Å². The summed E-state index contributed by atoms with van der Waals surface area (Å²) in [4.78, 5) is 18.9. The molecule has 1 aromatic heterocycles. The summed E-state index contributed by atoms with van der Waals surface area (Å²) in [5, 5.41) is 0.859. The Hall–Kier alpha value is -1.97. The van der Waals surface area contributed by atoms with E-state index in [1.807, 2.05) is 35.2 Å². The van der Waals surface area contributed by atoms with Crippen molar-refractivity contribution >= 4 is 50.5 Å². The second kappa shape index (κ2) is 7.95. The number of hydrogen-bond acceptors (Lipinski definition) is 5. The number of carbonyl (C=O) groups excluding carboxylic acids is 1. The van der Waals surface area contributed by atoms with Crippen LogP contribution in [0.1, 0.15) is 15.4 Å². The van der Waals surface area contributed by atoms with E-state index < -0.39 is 15.9 Å². The van der Waals surface area contributed by atoms with Gasteiger partial charge in [-0.25, -0.2) is 13.4 Å². The van der Waals surface area contributed by atoms with Crippen molar-refractivity contribution in [2.45, 2.75) is 11.8 Å². The zero-order chi connectivity index (χ0) is 19.6. The highest BCUT2D eigenvalue weighted by Gasteiger charge is 2.22. The summed E-state index contributed by atoms with van der Waals surface area (Å²) in [6.45, 7) is 1.68. The van der Waals surface area contributed by atoms with Gasteiger partial charge in [0.25, 0.3) is 15.9 Å². The van der Waals surface area contributed by atoms with Crippen LogP contribution in [0.5, 0.6) is 0 Å². The largest absolute Gasteiger partial charge is 0.278 e. The van der Waals surface area contributed by atoms with Gasteiger partial charge in [0.1, 0.15) is 14.8 Å². The molecule has 3 rings (SSSR count). The Bertz CT molecular complexity index is 1100. The van der Waals surface area contributed by atoms with Gasteiger partial charge in [0.2, 0.25) is 0 Å². The molecule has 1 heterocycles. The summed E-state index contributed by atoms with van der Waals surface area (Å²) in [7, 11) is -4.09. The van der Waals surface area contributed by atoms with Gasteiger partial charge >= 0.3 is 0 Å². The Balaban J connectivity index is 1.78. The van der Waals surface area contributed by atoms with Crippen LogP contribution in [-0.2, 0) is 10.0 Å². The molecule has 27 heavy (non-hydrogen) atoms. The van der Waals surface area contributed by atoms with Crippen LogP contribution >= 0.6 is 34.5 Å². The molecule has 2 aromatic carbocycles. The van der Waals surface area contributed by atoms with E-state index in [1.54, 1.807) is 6.92 Å². The first-order chi connectivity index (χ1) is 12.8. The number of aryl methyl sites for hydroxylation is 1. The first-order valence-corrected chi connectivity index (χ1v) is 10.6. The van der Waals surface area contributed by atoms with Gasteiger partial charge in [0.15, 0.2) is 0 Å².